The highest BCUT2D eigenvalue weighted by atomic mass is 35.5. The number of amides is 1. The fourth-order valence-corrected chi connectivity index (χ4v) is 4.73. The molecule has 0 saturated carbocycles. The van der Waals surface area contributed by atoms with Crippen molar-refractivity contribution in [2.75, 3.05) is 6.54 Å². The summed E-state index contributed by atoms with van der Waals surface area (Å²) < 4.78 is 27.4. The van der Waals surface area contributed by atoms with E-state index in [1.165, 1.54) is 48.7 Å². The van der Waals surface area contributed by atoms with Gasteiger partial charge in [-0.25, -0.2) is 13.8 Å². The van der Waals surface area contributed by atoms with Crippen LogP contribution >= 0.6 is 23.2 Å². The third-order valence-electron chi connectivity index (χ3n) is 4.57. The Bertz CT molecular complexity index is 1320. The minimum atomic E-state index is -4.05. The Morgan fingerprint density at radius 1 is 1.06 bits per heavy atom. The maximum absolute atomic E-state index is 13.2. The number of hydrogen-bond acceptors (Lipinski definition) is 6. The normalized spacial score (nSPS) is 11.6. The number of nitro groups is 1. The van der Waals surface area contributed by atoms with E-state index < -0.39 is 27.4 Å². The number of hydrogen-bond donors (Lipinski definition) is 1. The average Bonchev–Trinajstić information content (AvgIpc) is 2.81. The van der Waals surface area contributed by atoms with Crippen molar-refractivity contribution < 1.29 is 18.1 Å². The summed E-state index contributed by atoms with van der Waals surface area (Å²) in [6, 6.07) is 17.9. The van der Waals surface area contributed by atoms with E-state index in [-0.39, 0.29) is 22.2 Å². The molecule has 9 nitrogen and oxygen atoms in total. The lowest BCUT2D eigenvalue weighted by molar-refractivity contribution is -0.384. The first-order chi connectivity index (χ1) is 16.2. The lowest BCUT2D eigenvalue weighted by atomic mass is 10.2. The Morgan fingerprint density at radius 3 is 2.35 bits per heavy atom. The third kappa shape index (κ3) is 6.61. The molecule has 0 unspecified atom stereocenters. The highest BCUT2D eigenvalue weighted by Crippen LogP contribution is 2.25. The molecule has 0 heterocycles. The van der Waals surface area contributed by atoms with Gasteiger partial charge in [-0.15, -0.1) is 0 Å². The van der Waals surface area contributed by atoms with Gasteiger partial charge in [-0.05, 0) is 47.5 Å². The summed E-state index contributed by atoms with van der Waals surface area (Å²) in [4.78, 5) is 22.7. The minimum Gasteiger partial charge on any atom is -0.272 e. The van der Waals surface area contributed by atoms with Crippen molar-refractivity contribution >= 4 is 51.0 Å². The number of carbonyl (C=O) groups excluding carboxylic acids is 1. The zero-order chi connectivity index (χ0) is 24.7. The quantitative estimate of drug-likeness (QED) is 0.256. The molecule has 34 heavy (non-hydrogen) atoms. The van der Waals surface area contributed by atoms with Crippen LogP contribution in [0.15, 0.2) is 82.8 Å². The molecule has 0 spiro atoms. The van der Waals surface area contributed by atoms with Crippen LogP contribution in [0.2, 0.25) is 10.0 Å². The molecule has 176 valence electrons. The molecule has 3 aromatic carbocycles. The van der Waals surface area contributed by atoms with Crippen LogP contribution in [0.3, 0.4) is 0 Å². The van der Waals surface area contributed by atoms with Crippen LogP contribution in [0.1, 0.15) is 11.1 Å². The molecule has 0 aliphatic heterocycles. The second-order valence-electron chi connectivity index (χ2n) is 6.96. The molecule has 0 aromatic heterocycles. The molecule has 0 saturated heterocycles. The van der Waals surface area contributed by atoms with Crippen molar-refractivity contribution in [1.82, 2.24) is 9.73 Å². The molecule has 3 aromatic rings. The van der Waals surface area contributed by atoms with E-state index in [1.54, 1.807) is 30.3 Å². The van der Waals surface area contributed by atoms with Gasteiger partial charge >= 0.3 is 0 Å². The minimum absolute atomic E-state index is 0.0160. The van der Waals surface area contributed by atoms with E-state index in [0.717, 1.165) is 4.31 Å². The zero-order valence-corrected chi connectivity index (χ0v) is 19.8. The Morgan fingerprint density at radius 2 is 1.74 bits per heavy atom. The first-order valence-corrected chi connectivity index (χ1v) is 11.9. The molecule has 0 aliphatic carbocycles. The summed E-state index contributed by atoms with van der Waals surface area (Å²) in [5, 5.41) is 15.2. The number of rotatable bonds is 9. The fourth-order valence-electron chi connectivity index (χ4n) is 2.86. The molecular formula is C22H18Cl2N4O5S. The van der Waals surface area contributed by atoms with Crippen LogP contribution in [-0.4, -0.2) is 36.3 Å². The van der Waals surface area contributed by atoms with Gasteiger partial charge in [0.05, 0.1) is 22.6 Å². The molecule has 0 atom stereocenters. The highest BCUT2D eigenvalue weighted by molar-refractivity contribution is 7.89. The van der Waals surface area contributed by atoms with Gasteiger partial charge in [-0.2, -0.15) is 9.41 Å². The molecule has 0 radical (unpaired) electrons. The van der Waals surface area contributed by atoms with Gasteiger partial charge in [0.1, 0.15) is 0 Å². The Labute approximate surface area is 205 Å². The van der Waals surface area contributed by atoms with E-state index in [9.17, 15) is 23.3 Å². The number of non-ortho nitro benzene ring substituents is 1. The SMILES string of the molecule is O=C(CN(Cc1ccc(Cl)cc1Cl)S(=O)(=O)c1ccccc1)N/N=C/c1ccc([N+](=O)[O-])cc1. The summed E-state index contributed by atoms with van der Waals surface area (Å²) in [5.41, 5.74) is 3.16. The van der Waals surface area contributed by atoms with E-state index in [2.05, 4.69) is 10.5 Å². The van der Waals surface area contributed by atoms with Gasteiger partial charge in [-0.1, -0.05) is 47.5 Å². The van der Waals surface area contributed by atoms with Gasteiger partial charge in [0, 0.05) is 28.7 Å². The lowest BCUT2D eigenvalue weighted by Gasteiger charge is -2.22. The van der Waals surface area contributed by atoms with Crippen LogP contribution in [-0.2, 0) is 21.4 Å². The van der Waals surface area contributed by atoms with Crippen LogP contribution in [0, 0.1) is 10.1 Å². The highest BCUT2D eigenvalue weighted by Gasteiger charge is 2.27. The Kier molecular flexibility index (Phi) is 8.35. The second-order valence-corrected chi connectivity index (χ2v) is 9.75. The molecule has 0 aliphatic rings. The third-order valence-corrected chi connectivity index (χ3v) is 6.96. The van der Waals surface area contributed by atoms with Crippen molar-refractivity contribution in [3.63, 3.8) is 0 Å². The molecule has 0 bridgehead atoms. The van der Waals surface area contributed by atoms with Gasteiger partial charge < -0.3 is 0 Å². The van der Waals surface area contributed by atoms with E-state index >= 15 is 0 Å². The summed E-state index contributed by atoms with van der Waals surface area (Å²) in [5.74, 6) is -0.692. The van der Waals surface area contributed by atoms with Crippen molar-refractivity contribution in [3.8, 4) is 0 Å². The summed E-state index contributed by atoms with van der Waals surface area (Å²) in [7, 11) is -4.05. The van der Waals surface area contributed by atoms with Gasteiger partial charge in [0.2, 0.25) is 10.0 Å². The predicted molar refractivity (Wildman–Crippen MR) is 129 cm³/mol. The van der Waals surface area contributed by atoms with E-state index in [1.807, 2.05) is 0 Å². The number of benzene rings is 3. The van der Waals surface area contributed by atoms with E-state index in [4.69, 9.17) is 23.2 Å². The van der Waals surface area contributed by atoms with Crippen LogP contribution in [0.4, 0.5) is 5.69 Å². The molecular weight excluding hydrogens is 503 g/mol. The van der Waals surface area contributed by atoms with Gasteiger partial charge in [-0.3, -0.25) is 14.9 Å². The molecule has 1 N–H and O–H groups in total. The smallest absolute Gasteiger partial charge is 0.269 e. The molecule has 0 fully saturated rings. The largest absolute Gasteiger partial charge is 0.272 e. The van der Waals surface area contributed by atoms with Crippen molar-refractivity contribution in [2.24, 2.45) is 5.10 Å². The number of nitro benzene ring substituents is 1. The number of nitrogens with one attached hydrogen (secondary N) is 1. The van der Waals surface area contributed by atoms with Crippen LogP contribution in [0.25, 0.3) is 0 Å². The number of carbonyl (C=O) groups is 1. The average molecular weight is 521 g/mol. The molecule has 3 rings (SSSR count). The number of hydrazone groups is 1. The molecule has 1 amide bonds. The van der Waals surface area contributed by atoms with Crippen molar-refractivity contribution in [2.45, 2.75) is 11.4 Å². The number of nitrogens with zero attached hydrogens (tertiary/aromatic N) is 3. The fraction of sp³-hybridized carbons (Fsp3) is 0.0909. The van der Waals surface area contributed by atoms with Gasteiger partial charge in [0.25, 0.3) is 11.6 Å². The first-order valence-electron chi connectivity index (χ1n) is 9.72. The van der Waals surface area contributed by atoms with Crippen LogP contribution < -0.4 is 5.43 Å². The monoisotopic (exact) mass is 520 g/mol. The number of sulfonamides is 1. The lowest BCUT2D eigenvalue weighted by Crippen LogP contribution is -2.39. The molecule has 12 heteroatoms. The maximum Gasteiger partial charge on any atom is 0.269 e. The second kappa shape index (κ2) is 11.2. The van der Waals surface area contributed by atoms with Crippen molar-refractivity contribution in [3.05, 3.63) is 104 Å². The summed E-state index contributed by atoms with van der Waals surface area (Å²) >= 11 is 12.1. The summed E-state index contributed by atoms with van der Waals surface area (Å²) in [6.45, 7) is -0.708. The predicted octanol–water partition coefficient (Wildman–Crippen LogP) is 4.24. The maximum atomic E-state index is 13.2. The zero-order valence-electron chi connectivity index (χ0n) is 17.5. The first kappa shape index (κ1) is 25.3. The van der Waals surface area contributed by atoms with E-state index in [0.29, 0.717) is 16.1 Å². The number of halogens is 2. The standard InChI is InChI=1S/C22H18Cl2N4O5S/c23-18-9-8-17(21(24)12-18)14-27(34(32,33)20-4-2-1-3-5-20)15-22(29)26-25-13-16-6-10-19(11-7-16)28(30)31/h1-13H,14-15H2,(H,26,29)/b25-13+. The van der Waals surface area contributed by atoms with Crippen LogP contribution in [0.5, 0.6) is 0 Å². The topological polar surface area (TPSA) is 122 Å². The van der Waals surface area contributed by atoms with Gasteiger partial charge in [0.15, 0.2) is 0 Å². The summed E-state index contributed by atoms with van der Waals surface area (Å²) in [6.07, 6.45) is 1.29. The Hall–Kier alpha value is -3.31. The Balaban J connectivity index is 1.77. The van der Waals surface area contributed by atoms with Crippen molar-refractivity contribution in [1.29, 1.82) is 0 Å².